The number of nitrogens with zero attached hydrogens (tertiary/aromatic N) is 1. The monoisotopic (exact) mass is 311 g/mol. The highest BCUT2D eigenvalue weighted by atomic mass is 16.5. The molecule has 0 aromatic heterocycles. The van der Waals surface area contributed by atoms with Crippen molar-refractivity contribution in [2.45, 2.75) is 58.5 Å². The summed E-state index contributed by atoms with van der Waals surface area (Å²) in [5.74, 6) is 1.55. The van der Waals surface area contributed by atoms with Crippen molar-refractivity contribution >= 4 is 5.96 Å². The van der Waals surface area contributed by atoms with E-state index in [1.54, 1.807) is 0 Å². The molecule has 128 valence electrons. The van der Waals surface area contributed by atoms with E-state index in [2.05, 4.69) is 24.5 Å². The molecule has 22 heavy (non-hydrogen) atoms. The zero-order valence-electron chi connectivity index (χ0n) is 14.2. The average molecular weight is 311 g/mol. The Balaban J connectivity index is 1.67. The van der Waals surface area contributed by atoms with E-state index < -0.39 is 6.10 Å². The van der Waals surface area contributed by atoms with Gasteiger partial charge in [-0.05, 0) is 50.4 Å². The van der Waals surface area contributed by atoms with Gasteiger partial charge < -0.3 is 20.5 Å². The summed E-state index contributed by atoms with van der Waals surface area (Å²) < 4.78 is 5.52. The highest BCUT2D eigenvalue weighted by molar-refractivity contribution is 5.79. The van der Waals surface area contributed by atoms with E-state index in [1.165, 1.54) is 38.5 Å². The lowest BCUT2D eigenvalue weighted by Crippen LogP contribution is -2.43. The summed E-state index contributed by atoms with van der Waals surface area (Å²) in [4.78, 5) is 4.71. The summed E-state index contributed by atoms with van der Waals surface area (Å²) in [5, 5.41) is 16.4. The molecule has 0 aromatic carbocycles. The van der Waals surface area contributed by atoms with Crippen LogP contribution in [0.3, 0.4) is 0 Å². The molecule has 0 spiro atoms. The summed E-state index contributed by atoms with van der Waals surface area (Å²) in [6.07, 6.45) is 7.22. The number of nitrogens with one attached hydrogen (secondary N) is 2. The lowest BCUT2D eigenvalue weighted by molar-refractivity contribution is 0.0345. The molecule has 2 saturated carbocycles. The van der Waals surface area contributed by atoms with Crippen LogP contribution >= 0.6 is 0 Å². The first-order valence-electron chi connectivity index (χ1n) is 8.95. The van der Waals surface area contributed by atoms with Crippen LogP contribution in [0.25, 0.3) is 0 Å². The second-order valence-electron chi connectivity index (χ2n) is 6.92. The van der Waals surface area contributed by atoms with E-state index in [1.807, 2.05) is 0 Å². The first-order chi connectivity index (χ1) is 10.7. The molecule has 2 aliphatic rings. The molecule has 0 heterocycles. The molecular formula is C17H33N3O2. The Hall–Kier alpha value is -0.810. The second kappa shape index (κ2) is 8.73. The third-order valence-electron chi connectivity index (χ3n) is 4.95. The van der Waals surface area contributed by atoms with Crippen molar-refractivity contribution in [3.05, 3.63) is 0 Å². The average Bonchev–Trinajstić information content (AvgIpc) is 3.28. The maximum atomic E-state index is 9.96. The van der Waals surface area contributed by atoms with Gasteiger partial charge in [-0.1, -0.05) is 13.3 Å². The van der Waals surface area contributed by atoms with Gasteiger partial charge in [-0.15, -0.1) is 0 Å². The Morgan fingerprint density at radius 3 is 2.64 bits per heavy atom. The van der Waals surface area contributed by atoms with E-state index in [4.69, 9.17) is 9.73 Å². The summed E-state index contributed by atoms with van der Waals surface area (Å²) in [5.41, 5.74) is 0.425. The summed E-state index contributed by atoms with van der Waals surface area (Å²) in [7, 11) is 0. The predicted molar refractivity (Wildman–Crippen MR) is 90.1 cm³/mol. The largest absolute Gasteiger partial charge is 0.389 e. The maximum Gasteiger partial charge on any atom is 0.191 e. The lowest BCUT2D eigenvalue weighted by atomic mass is 9.67. The molecule has 0 saturated heterocycles. The molecule has 1 unspecified atom stereocenters. The molecule has 1 atom stereocenters. The van der Waals surface area contributed by atoms with Crippen LogP contribution in [0.2, 0.25) is 0 Å². The zero-order chi connectivity index (χ0) is 15.8. The minimum absolute atomic E-state index is 0.405. The molecular weight excluding hydrogens is 278 g/mol. The Morgan fingerprint density at radius 2 is 2.09 bits per heavy atom. The van der Waals surface area contributed by atoms with E-state index >= 15 is 0 Å². The molecule has 2 aliphatic carbocycles. The molecule has 0 amide bonds. The molecule has 0 aromatic rings. The number of hydrogen-bond acceptors (Lipinski definition) is 3. The van der Waals surface area contributed by atoms with E-state index in [-0.39, 0.29) is 0 Å². The molecule has 3 N–H and O–H groups in total. The molecule has 0 radical (unpaired) electrons. The van der Waals surface area contributed by atoms with Gasteiger partial charge in [0.2, 0.25) is 0 Å². The van der Waals surface area contributed by atoms with Crippen LogP contribution in [-0.2, 0) is 4.74 Å². The SMILES string of the molecule is CCNC(=NCC1(CC)CCC1)NCC(O)COCC1CC1. The second-order valence-corrected chi connectivity index (χ2v) is 6.92. The van der Waals surface area contributed by atoms with E-state index in [0.717, 1.165) is 31.6 Å². The summed E-state index contributed by atoms with van der Waals surface area (Å²) in [6, 6.07) is 0. The van der Waals surface area contributed by atoms with Crippen molar-refractivity contribution < 1.29 is 9.84 Å². The van der Waals surface area contributed by atoms with Crippen molar-refractivity contribution in [3.8, 4) is 0 Å². The number of hydrogen-bond donors (Lipinski definition) is 3. The molecule has 0 bridgehead atoms. The van der Waals surface area contributed by atoms with Crippen LogP contribution in [0.1, 0.15) is 52.4 Å². The van der Waals surface area contributed by atoms with Gasteiger partial charge in [0.05, 0.1) is 12.7 Å². The Labute approximate surface area is 134 Å². The normalized spacial score (nSPS) is 22.0. The smallest absolute Gasteiger partial charge is 0.191 e. The van der Waals surface area contributed by atoms with Crippen molar-refractivity contribution in [2.24, 2.45) is 16.3 Å². The Bertz CT molecular complexity index is 346. The van der Waals surface area contributed by atoms with Gasteiger partial charge in [-0.2, -0.15) is 0 Å². The number of rotatable bonds is 10. The minimum Gasteiger partial charge on any atom is -0.389 e. The van der Waals surface area contributed by atoms with Gasteiger partial charge >= 0.3 is 0 Å². The topological polar surface area (TPSA) is 65.9 Å². The van der Waals surface area contributed by atoms with Crippen molar-refractivity contribution in [3.63, 3.8) is 0 Å². The fraction of sp³-hybridized carbons (Fsp3) is 0.941. The predicted octanol–water partition coefficient (Wildman–Crippen LogP) is 1.91. The van der Waals surface area contributed by atoms with Gasteiger partial charge in [-0.25, -0.2) is 0 Å². The number of ether oxygens (including phenoxy) is 1. The lowest BCUT2D eigenvalue weighted by Gasteiger charge is -2.40. The quantitative estimate of drug-likeness (QED) is 0.426. The van der Waals surface area contributed by atoms with Crippen molar-refractivity contribution in [1.29, 1.82) is 0 Å². The number of aliphatic hydroxyl groups is 1. The van der Waals surface area contributed by atoms with Crippen molar-refractivity contribution in [2.75, 3.05) is 32.8 Å². The van der Waals surface area contributed by atoms with Crippen LogP contribution in [-0.4, -0.2) is 50.0 Å². The van der Waals surface area contributed by atoms with Gasteiger partial charge in [0.25, 0.3) is 0 Å². The van der Waals surface area contributed by atoms with Gasteiger partial charge in [0, 0.05) is 26.2 Å². The number of guanidine groups is 1. The van der Waals surface area contributed by atoms with Crippen LogP contribution in [0.15, 0.2) is 4.99 Å². The highest BCUT2D eigenvalue weighted by Gasteiger charge is 2.34. The highest BCUT2D eigenvalue weighted by Crippen LogP contribution is 2.43. The maximum absolute atomic E-state index is 9.96. The Morgan fingerprint density at radius 1 is 1.32 bits per heavy atom. The molecule has 5 heteroatoms. The molecule has 5 nitrogen and oxygen atoms in total. The zero-order valence-corrected chi connectivity index (χ0v) is 14.2. The van der Waals surface area contributed by atoms with Gasteiger partial charge in [0.1, 0.15) is 0 Å². The van der Waals surface area contributed by atoms with Crippen LogP contribution in [0.4, 0.5) is 0 Å². The molecule has 0 aliphatic heterocycles. The molecule has 2 rings (SSSR count). The number of aliphatic imine (C=N–C) groups is 1. The van der Waals surface area contributed by atoms with Crippen LogP contribution in [0.5, 0.6) is 0 Å². The van der Waals surface area contributed by atoms with Gasteiger partial charge in [-0.3, -0.25) is 4.99 Å². The van der Waals surface area contributed by atoms with Crippen molar-refractivity contribution in [1.82, 2.24) is 10.6 Å². The third kappa shape index (κ3) is 5.76. The Kier molecular flexibility index (Phi) is 6.96. The van der Waals surface area contributed by atoms with E-state index in [9.17, 15) is 5.11 Å². The van der Waals surface area contributed by atoms with Crippen LogP contribution < -0.4 is 10.6 Å². The number of aliphatic hydroxyl groups excluding tert-OH is 1. The standard InChI is InChI=1S/C17H33N3O2/c1-3-17(8-5-9-17)13-20-16(18-4-2)19-10-15(21)12-22-11-14-6-7-14/h14-15,21H,3-13H2,1-2H3,(H2,18,19,20). The van der Waals surface area contributed by atoms with Gasteiger partial charge in [0.15, 0.2) is 5.96 Å². The summed E-state index contributed by atoms with van der Waals surface area (Å²) >= 11 is 0. The van der Waals surface area contributed by atoms with E-state index in [0.29, 0.717) is 18.6 Å². The third-order valence-corrected chi connectivity index (χ3v) is 4.95. The summed E-state index contributed by atoms with van der Waals surface area (Å²) in [6.45, 7) is 7.72. The first-order valence-corrected chi connectivity index (χ1v) is 8.95. The molecule has 2 fully saturated rings. The fourth-order valence-electron chi connectivity index (χ4n) is 2.82. The first kappa shape index (κ1) is 17.5. The van der Waals surface area contributed by atoms with Crippen LogP contribution in [0, 0.1) is 11.3 Å². The fourth-order valence-corrected chi connectivity index (χ4v) is 2.82. The minimum atomic E-state index is -0.480.